The van der Waals surface area contributed by atoms with E-state index in [0.29, 0.717) is 0 Å². The van der Waals surface area contributed by atoms with Crippen LogP contribution < -0.4 is 4.90 Å². The highest BCUT2D eigenvalue weighted by Crippen LogP contribution is 2.31. The van der Waals surface area contributed by atoms with Crippen LogP contribution in [0.2, 0.25) is 0 Å². The molecule has 3 heteroatoms. The summed E-state index contributed by atoms with van der Waals surface area (Å²) in [5.74, 6) is 0. The van der Waals surface area contributed by atoms with Crippen LogP contribution in [0.4, 0.5) is 11.4 Å². The van der Waals surface area contributed by atoms with E-state index in [1.807, 2.05) is 6.34 Å². The Morgan fingerprint density at radius 2 is 2.00 bits per heavy atom. The zero-order chi connectivity index (χ0) is 13.4. The summed E-state index contributed by atoms with van der Waals surface area (Å²) < 4.78 is 1.13. The highest BCUT2D eigenvalue weighted by molar-refractivity contribution is 9.10. The Labute approximate surface area is 121 Å². The fraction of sp³-hybridized carbons (Fsp3) is 0.188. The molecule has 0 radical (unpaired) electrons. The lowest BCUT2D eigenvalue weighted by Gasteiger charge is -2.26. The fourth-order valence-electron chi connectivity index (χ4n) is 2.38. The molecule has 0 aromatic heterocycles. The average molecular weight is 315 g/mol. The van der Waals surface area contributed by atoms with Crippen molar-refractivity contribution in [3.05, 3.63) is 57.6 Å². The van der Waals surface area contributed by atoms with Crippen LogP contribution in [-0.2, 0) is 6.54 Å². The van der Waals surface area contributed by atoms with Crippen LogP contribution in [0.15, 0.2) is 45.9 Å². The van der Waals surface area contributed by atoms with E-state index in [-0.39, 0.29) is 0 Å². The molecule has 0 N–H and O–H groups in total. The number of nitrogens with zero attached hydrogens (tertiary/aromatic N) is 2. The van der Waals surface area contributed by atoms with E-state index in [2.05, 4.69) is 76.1 Å². The Morgan fingerprint density at radius 1 is 1.16 bits per heavy atom. The van der Waals surface area contributed by atoms with E-state index >= 15 is 0 Å². The lowest BCUT2D eigenvalue weighted by molar-refractivity contribution is 0.986. The number of halogens is 1. The van der Waals surface area contributed by atoms with Gasteiger partial charge in [-0.15, -0.1) is 0 Å². The molecule has 1 aliphatic heterocycles. The summed E-state index contributed by atoms with van der Waals surface area (Å²) in [5.41, 5.74) is 6.08. The molecule has 96 valence electrons. The summed E-state index contributed by atoms with van der Waals surface area (Å²) in [7, 11) is 0. The molecule has 0 fully saturated rings. The number of hydrogen-bond donors (Lipinski definition) is 0. The van der Waals surface area contributed by atoms with Gasteiger partial charge in [0, 0.05) is 10.2 Å². The Hall–Kier alpha value is -1.61. The fourth-order valence-corrected chi connectivity index (χ4v) is 2.73. The van der Waals surface area contributed by atoms with Crippen molar-refractivity contribution >= 4 is 33.6 Å². The summed E-state index contributed by atoms with van der Waals surface area (Å²) >= 11 is 3.58. The normalized spacial score (nSPS) is 13.5. The molecule has 0 saturated heterocycles. The first-order valence-electron chi connectivity index (χ1n) is 6.30. The molecule has 0 amide bonds. The third-order valence-corrected chi connectivity index (χ3v) is 4.32. The van der Waals surface area contributed by atoms with Crippen molar-refractivity contribution in [3.8, 4) is 0 Å². The van der Waals surface area contributed by atoms with E-state index in [9.17, 15) is 0 Å². The van der Waals surface area contributed by atoms with Crippen molar-refractivity contribution in [1.82, 2.24) is 0 Å². The average Bonchev–Trinajstić information content (AvgIpc) is 2.41. The van der Waals surface area contributed by atoms with Gasteiger partial charge in [-0.2, -0.15) is 0 Å². The Bertz CT molecular complexity index is 662. The number of rotatable bonds is 1. The zero-order valence-corrected chi connectivity index (χ0v) is 12.6. The minimum Gasteiger partial charge on any atom is -0.328 e. The van der Waals surface area contributed by atoms with Gasteiger partial charge in [-0.1, -0.05) is 39.7 Å². The third-order valence-electron chi connectivity index (χ3n) is 3.46. The highest BCUT2D eigenvalue weighted by Gasteiger charge is 2.15. The molecule has 3 rings (SSSR count). The maximum absolute atomic E-state index is 4.55. The molecule has 1 aliphatic rings. The lowest BCUT2D eigenvalue weighted by atomic mass is 10.1. The quantitative estimate of drug-likeness (QED) is 0.742. The SMILES string of the molecule is Cc1ccc2c(c1)CN(c1cccc(Br)c1C)C=N2. The third kappa shape index (κ3) is 2.30. The molecule has 0 bridgehead atoms. The largest absolute Gasteiger partial charge is 0.328 e. The predicted octanol–water partition coefficient (Wildman–Crippen LogP) is 4.75. The summed E-state index contributed by atoms with van der Waals surface area (Å²) in [6.45, 7) is 5.12. The first-order chi connectivity index (χ1) is 9.15. The molecule has 2 aromatic carbocycles. The molecule has 2 aromatic rings. The first kappa shape index (κ1) is 12.4. The van der Waals surface area contributed by atoms with Gasteiger partial charge in [0.1, 0.15) is 0 Å². The van der Waals surface area contributed by atoms with Crippen LogP contribution in [-0.4, -0.2) is 6.34 Å². The van der Waals surface area contributed by atoms with Crippen molar-refractivity contribution in [2.45, 2.75) is 20.4 Å². The van der Waals surface area contributed by atoms with Crippen molar-refractivity contribution < 1.29 is 0 Å². The van der Waals surface area contributed by atoms with E-state index in [1.54, 1.807) is 0 Å². The Morgan fingerprint density at radius 3 is 2.84 bits per heavy atom. The summed E-state index contributed by atoms with van der Waals surface area (Å²) in [6.07, 6.45) is 1.92. The Balaban J connectivity index is 2.00. The van der Waals surface area contributed by atoms with Gasteiger partial charge < -0.3 is 4.90 Å². The number of benzene rings is 2. The van der Waals surface area contributed by atoms with Crippen molar-refractivity contribution in [2.24, 2.45) is 4.99 Å². The van der Waals surface area contributed by atoms with Gasteiger partial charge in [-0.3, -0.25) is 0 Å². The van der Waals surface area contributed by atoms with Gasteiger partial charge in [0.15, 0.2) is 0 Å². The van der Waals surface area contributed by atoms with E-state index in [4.69, 9.17) is 0 Å². The smallest absolute Gasteiger partial charge is 0.0960 e. The van der Waals surface area contributed by atoms with Crippen LogP contribution in [0, 0.1) is 13.8 Å². The lowest BCUT2D eigenvalue weighted by Crippen LogP contribution is -2.24. The summed E-state index contributed by atoms with van der Waals surface area (Å²) in [6, 6.07) is 12.7. The number of aliphatic imine (C=N–C) groups is 1. The van der Waals surface area contributed by atoms with Crippen LogP contribution in [0.1, 0.15) is 16.7 Å². The second-order valence-electron chi connectivity index (χ2n) is 4.89. The molecule has 0 atom stereocenters. The van der Waals surface area contributed by atoms with Gasteiger partial charge in [-0.05, 0) is 43.2 Å². The molecule has 0 unspecified atom stereocenters. The number of anilines is 1. The minimum absolute atomic E-state index is 0.873. The van der Waals surface area contributed by atoms with E-state index in [1.165, 1.54) is 22.4 Å². The van der Waals surface area contributed by atoms with E-state index in [0.717, 1.165) is 16.7 Å². The topological polar surface area (TPSA) is 15.6 Å². The van der Waals surface area contributed by atoms with Crippen LogP contribution in [0.5, 0.6) is 0 Å². The molecule has 0 spiro atoms. The van der Waals surface area contributed by atoms with Gasteiger partial charge in [0.2, 0.25) is 0 Å². The Kier molecular flexibility index (Phi) is 3.15. The maximum atomic E-state index is 4.55. The molecule has 1 heterocycles. The van der Waals surface area contributed by atoms with Crippen LogP contribution >= 0.6 is 15.9 Å². The molecular weight excluding hydrogens is 300 g/mol. The molecule has 0 saturated carbocycles. The number of hydrogen-bond acceptors (Lipinski definition) is 2. The van der Waals surface area contributed by atoms with Gasteiger partial charge in [0.05, 0.1) is 18.6 Å². The first-order valence-corrected chi connectivity index (χ1v) is 7.10. The summed E-state index contributed by atoms with van der Waals surface area (Å²) in [5, 5.41) is 0. The number of fused-ring (bicyclic) bond motifs is 1. The van der Waals surface area contributed by atoms with Gasteiger partial charge in [-0.25, -0.2) is 4.99 Å². The van der Waals surface area contributed by atoms with Crippen molar-refractivity contribution in [1.29, 1.82) is 0 Å². The molecular formula is C16H15BrN2. The summed E-state index contributed by atoms with van der Waals surface area (Å²) in [4.78, 5) is 6.74. The molecule has 19 heavy (non-hydrogen) atoms. The van der Waals surface area contributed by atoms with Crippen LogP contribution in [0.25, 0.3) is 0 Å². The van der Waals surface area contributed by atoms with E-state index < -0.39 is 0 Å². The molecule has 0 aliphatic carbocycles. The van der Waals surface area contributed by atoms with Crippen molar-refractivity contribution in [2.75, 3.05) is 4.90 Å². The maximum Gasteiger partial charge on any atom is 0.0960 e. The second-order valence-corrected chi connectivity index (χ2v) is 5.74. The van der Waals surface area contributed by atoms with Gasteiger partial charge in [0.25, 0.3) is 0 Å². The monoisotopic (exact) mass is 314 g/mol. The second kappa shape index (κ2) is 4.82. The minimum atomic E-state index is 0.873. The predicted molar refractivity (Wildman–Crippen MR) is 84.4 cm³/mol. The standard InChI is InChI=1S/C16H15BrN2/c1-11-6-7-15-13(8-11)9-19(10-18-15)16-5-3-4-14(17)12(16)2/h3-8,10H,9H2,1-2H3. The van der Waals surface area contributed by atoms with Crippen molar-refractivity contribution in [3.63, 3.8) is 0 Å². The van der Waals surface area contributed by atoms with Crippen LogP contribution in [0.3, 0.4) is 0 Å². The zero-order valence-electron chi connectivity index (χ0n) is 11.0. The molecule has 2 nitrogen and oxygen atoms in total. The van der Waals surface area contributed by atoms with Gasteiger partial charge >= 0.3 is 0 Å². The number of aryl methyl sites for hydroxylation is 1. The highest BCUT2D eigenvalue weighted by atomic mass is 79.9.